The molecule has 124 valence electrons. The van der Waals surface area contributed by atoms with Crippen molar-refractivity contribution >= 4 is 17.1 Å². The number of hydrogen-bond acceptors (Lipinski definition) is 4. The summed E-state index contributed by atoms with van der Waals surface area (Å²) >= 11 is 0. The molecule has 1 aromatic carbocycles. The van der Waals surface area contributed by atoms with Gasteiger partial charge < -0.3 is 4.90 Å². The molecule has 0 N–H and O–H groups in total. The molecular formula is C19H23N5. The second-order valence-corrected chi connectivity index (χ2v) is 6.25. The maximum absolute atomic E-state index is 4.82. The van der Waals surface area contributed by atoms with E-state index in [0.29, 0.717) is 0 Å². The van der Waals surface area contributed by atoms with E-state index in [9.17, 15) is 0 Å². The number of aromatic nitrogens is 3. The Morgan fingerprint density at radius 2 is 1.75 bits per heavy atom. The van der Waals surface area contributed by atoms with Crippen LogP contribution in [0.25, 0.3) is 11.2 Å². The molecule has 1 saturated heterocycles. The van der Waals surface area contributed by atoms with Crippen LogP contribution in [0.3, 0.4) is 0 Å². The lowest BCUT2D eigenvalue weighted by atomic mass is 10.2. The van der Waals surface area contributed by atoms with Gasteiger partial charge in [0.05, 0.1) is 0 Å². The fourth-order valence-electron chi connectivity index (χ4n) is 3.43. The number of benzene rings is 1. The molecule has 24 heavy (non-hydrogen) atoms. The van der Waals surface area contributed by atoms with Gasteiger partial charge in [-0.3, -0.25) is 9.47 Å². The van der Waals surface area contributed by atoms with Crippen LogP contribution in [0.1, 0.15) is 12.5 Å². The van der Waals surface area contributed by atoms with Crippen LogP contribution < -0.4 is 4.90 Å². The summed E-state index contributed by atoms with van der Waals surface area (Å²) in [5, 5.41) is 0. The minimum atomic E-state index is 0.896. The van der Waals surface area contributed by atoms with Crippen LogP contribution in [0.2, 0.25) is 0 Å². The van der Waals surface area contributed by atoms with Crippen molar-refractivity contribution in [3.8, 4) is 0 Å². The second kappa shape index (κ2) is 6.61. The Kier molecular flexibility index (Phi) is 4.17. The monoisotopic (exact) mass is 321 g/mol. The van der Waals surface area contributed by atoms with Crippen LogP contribution in [0.5, 0.6) is 0 Å². The minimum absolute atomic E-state index is 0.896. The molecule has 0 spiro atoms. The number of anilines is 1. The Morgan fingerprint density at radius 1 is 0.958 bits per heavy atom. The van der Waals surface area contributed by atoms with E-state index in [-0.39, 0.29) is 0 Å². The molecule has 1 aliphatic rings. The van der Waals surface area contributed by atoms with Crippen LogP contribution in [0.15, 0.2) is 48.7 Å². The van der Waals surface area contributed by atoms with Gasteiger partial charge in [0.25, 0.3) is 0 Å². The highest BCUT2D eigenvalue weighted by atomic mass is 15.4. The zero-order valence-electron chi connectivity index (χ0n) is 14.1. The third kappa shape index (κ3) is 2.87. The zero-order valence-corrected chi connectivity index (χ0v) is 14.1. The molecule has 5 nitrogen and oxygen atoms in total. The first-order valence-electron chi connectivity index (χ1n) is 8.67. The number of pyridine rings is 1. The van der Waals surface area contributed by atoms with Crippen LogP contribution in [0, 0.1) is 0 Å². The number of rotatable bonds is 4. The zero-order chi connectivity index (χ0) is 16.4. The normalized spacial score (nSPS) is 16.0. The lowest BCUT2D eigenvalue weighted by Crippen LogP contribution is -2.46. The largest absolute Gasteiger partial charge is 0.340 e. The van der Waals surface area contributed by atoms with E-state index in [1.165, 1.54) is 5.56 Å². The third-order valence-corrected chi connectivity index (χ3v) is 4.70. The van der Waals surface area contributed by atoms with E-state index >= 15 is 0 Å². The predicted octanol–water partition coefficient (Wildman–Crippen LogP) is 2.77. The molecule has 0 aliphatic carbocycles. The molecule has 1 aliphatic heterocycles. The summed E-state index contributed by atoms with van der Waals surface area (Å²) in [6.45, 7) is 8.23. The highest BCUT2D eigenvalue weighted by molar-refractivity contribution is 5.74. The first-order chi connectivity index (χ1) is 11.8. The topological polar surface area (TPSA) is 37.2 Å². The standard InChI is InChI=1S/C19H23N5/c1-2-24-18-17(9-6-10-20-18)21-19(24)23-13-11-22(12-14-23)15-16-7-4-3-5-8-16/h3-10H,2,11-15H2,1H3. The Hall–Kier alpha value is -2.40. The van der Waals surface area contributed by atoms with Crippen molar-refractivity contribution in [1.29, 1.82) is 0 Å². The molecule has 0 atom stereocenters. The van der Waals surface area contributed by atoms with Crippen molar-refractivity contribution in [3.63, 3.8) is 0 Å². The molecule has 0 unspecified atom stereocenters. The summed E-state index contributed by atoms with van der Waals surface area (Å²) in [5.74, 6) is 1.06. The van der Waals surface area contributed by atoms with Gasteiger partial charge in [-0.05, 0) is 24.6 Å². The average Bonchev–Trinajstić information content (AvgIpc) is 3.02. The molecule has 1 fully saturated rings. The summed E-state index contributed by atoms with van der Waals surface area (Å²) in [6, 6.07) is 14.7. The van der Waals surface area contributed by atoms with Crippen molar-refractivity contribution in [2.24, 2.45) is 0 Å². The second-order valence-electron chi connectivity index (χ2n) is 6.25. The van der Waals surface area contributed by atoms with Crippen molar-refractivity contribution < 1.29 is 0 Å². The Morgan fingerprint density at radius 3 is 2.50 bits per heavy atom. The van der Waals surface area contributed by atoms with Gasteiger partial charge in [0.2, 0.25) is 5.95 Å². The van der Waals surface area contributed by atoms with E-state index in [1.54, 1.807) is 0 Å². The van der Waals surface area contributed by atoms with Gasteiger partial charge in [-0.2, -0.15) is 0 Å². The van der Waals surface area contributed by atoms with Gasteiger partial charge in [-0.15, -0.1) is 0 Å². The summed E-state index contributed by atoms with van der Waals surface area (Å²) in [6.07, 6.45) is 1.84. The smallest absolute Gasteiger partial charge is 0.207 e. The SMILES string of the molecule is CCn1c(N2CCN(Cc3ccccc3)CC2)nc2cccnc21. The number of piperazine rings is 1. The number of nitrogens with zero attached hydrogens (tertiary/aromatic N) is 5. The first kappa shape index (κ1) is 15.1. The number of aryl methyl sites for hydroxylation is 1. The van der Waals surface area contributed by atoms with Crippen molar-refractivity contribution in [1.82, 2.24) is 19.4 Å². The Labute approximate surface area is 142 Å². The lowest BCUT2D eigenvalue weighted by Gasteiger charge is -2.35. The first-order valence-corrected chi connectivity index (χ1v) is 8.67. The van der Waals surface area contributed by atoms with Crippen molar-refractivity contribution in [2.75, 3.05) is 31.1 Å². The summed E-state index contributed by atoms with van der Waals surface area (Å²) in [4.78, 5) is 14.2. The van der Waals surface area contributed by atoms with Gasteiger partial charge in [0, 0.05) is 45.5 Å². The molecule has 0 bridgehead atoms. The van der Waals surface area contributed by atoms with Gasteiger partial charge >= 0.3 is 0 Å². The minimum Gasteiger partial charge on any atom is -0.340 e. The van der Waals surface area contributed by atoms with Crippen LogP contribution >= 0.6 is 0 Å². The van der Waals surface area contributed by atoms with Gasteiger partial charge in [-0.25, -0.2) is 9.97 Å². The molecule has 5 heteroatoms. The van der Waals surface area contributed by atoms with Crippen molar-refractivity contribution in [3.05, 3.63) is 54.2 Å². The quantitative estimate of drug-likeness (QED) is 0.740. The van der Waals surface area contributed by atoms with E-state index in [4.69, 9.17) is 4.98 Å². The molecule has 2 aromatic heterocycles. The summed E-state index contributed by atoms with van der Waals surface area (Å²) < 4.78 is 2.22. The third-order valence-electron chi connectivity index (χ3n) is 4.70. The molecule has 0 radical (unpaired) electrons. The van der Waals surface area contributed by atoms with Gasteiger partial charge in [0.1, 0.15) is 5.52 Å². The highest BCUT2D eigenvalue weighted by Gasteiger charge is 2.22. The highest BCUT2D eigenvalue weighted by Crippen LogP contribution is 2.22. The molecular weight excluding hydrogens is 298 g/mol. The Balaban J connectivity index is 1.48. The molecule has 0 saturated carbocycles. The van der Waals surface area contributed by atoms with Crippen LogP contribution in [0.4, 0.5) is 5.95 Å². The van der Waals surface area contributed by atoms with Gasteiger partial charge in [0.15, 0.2) is 5.65 Å². The van der Waals surface area contributed by atoms with Crippen molar-refractivity contribution in [2.45, 2.75) is 20.0 Å². The van der Waals surface area contributed by atoms with E-state index in [2.05, 4.69) is 56.6 Å². The molecule has 0 amide bonds. The maximum atomic E-state index is 4.82. The molecule has 4 rings (SSSR count). The van der Waals surface area contributed by atoms with E-state index < -0.39 is 0 Å². The van der Waals surface area contributed by atoms with E-state index in [0.717, 1.165) is 56.4 Å². The van der Waals surface area contributed by atoms with E-state index in [1.807, 2.05) is 18.3 Å². The molecule has 3 heterocycles. The summed E-state index contributed by atoms with van der Waals surface area (Å²) in [7, 11) is 0. The van der Waals surface area contributed by atoms with Crippen LogP contribution in [-0.2, 0) is 13.1 Å². The average molecular weight is 321 g/mol. The van der Waals surface area contributed by atoms with Crippen LogP contribution in [-0.4, -0.2) is 45.6 Å². The number of hydrogen-bond donors (Lipinski definition) is 0. The Bertz CT molecular complexity index is 803. The molecule has 3 aromatic rings. The predicted molar refractivity (Wildman–Crippen MR) is 97.1 cm³/mol. The maximum Gasteiger partial charge on any atom is 0.207 e. The summed E-state index contributed by atoms with van der Waals surface area (Å²) in [5.41, 5.74) is 3.36. The lowest BCUT2D eigenvalue weighted by molar-refractivity contribution is 0.248. The fraction of sp³-hybridized carbons (Fsp3) is 0.368. The number of imidazole rings is 1. The van der Waals surface area contributed by atoms with Gasteiger partial charge in [-0.1, -0.05) is 30.3 Å². The number of fused-ring (bicyclic) bond motifs is 1. The fourth-order valence-corrected chi connectivity index (χ4v) is 3.43.